The predicted molar refractivity (Wildman–Crippen MR) is 170 cm³/mol. The fraction of sp³-hybridized carbons (Fsp3) is 0.486. The van der Waals surface area contributed by atoms with Crippen molar-refractivity contribution in [1.82, 2.24) is 0 Å². The van der Waals surface area contributed by atoms with E-state index in [0.717, 1.165) is 19.3 Å². The van der Waals surface area contributed by atoms with Crippen LogP contribution in [0.15, 0.2) is 91.0 Å². The average Bonchev–Trinajstić information content (AvgIpc) is 3.03. The summed E-state index contributed by atoms with van der Waals surface area (Å²) in [5.41, 5.74) is 0.113. The lowest BCUT2D eigenvalue weighted by molar-refractivity contribution is -0.350. The summed E-state index contributed by atoms with van der Waals surface area (Å²) in [6.07, 6.45) is 14.0. The van der Waals surface area contributed by atoms with Crippen LogP contribution in [0, 0.1) is 0 Å². The van der Waals surface area contributed by atoms with Crippen molar-refractivity contribution < 1.29 is 30.0 Å². The van der Waals surface area contributed by atoms with E-state index in [1.165, 1.54) is 51.4 Å². The van der Waals surface area contributed by atoms with Crippen molar-refractivity contribution >= 4 is 5.97 Å². The van der Waals surface area contributed by atoms with Crippen LogP contribution in [0.1, 0.15) is 114 Å². The van der Waals surface area contributed by atoms with Crippen LogP contribution in [0.5, 0.6) is 0 Å². The highest BCUT2D eigenvalue weighted by Crippen LogP contribution is 2.42. The Balaban J connectivity index is 1.62. The van der Waals surface area contributed by atoms with Crippen molar-refractivity contribution in [2.45, 2.75) is 114 Å². The van der Waals surface area contributed by atoms with Gasteiger partial charge in [-0.05, 0) is 6.42 Å². The van der Waals surface area contributed by atoms with Gasteiger partial charge in [0.05, 0.1) is 0 Å². The highest BCUT2D eigenvalue weighted by Gasteiger charge is 2.57. The third kappa shape index (κ3) is 9.48. The van der Waals surface area contributed by atoms with Gasteiger partial charge in [-0.25, -0.2) is 4.79 Å². The molecule has 0 amide bonds. The van der Waals surface area contributed by atoms with Crippen LogP contribution in [0.25, 0.3) is 0 Å². The van der Waals surface area contributed by atoms with E-state index >= 15 is 0 Å². The molecule has 4 N–H and O–H groups in total. The molecular weight excluding hydrogens is 540 g/mol. The summed E-state index contributed by atoms with van der Waals surface area (Å²) in [6.45, 7) is 2.23. The Kier molecular flexibility index (Phi) is 13.9. The SMILES string of the molecule is CCCCCCCCCCCCCCCC(O)(O)C(O)(O)C(=O)OC(c1ccccc1)(c1ccccc1)c1ccccc1. The van der Waals surface area contributed by atoms with Crippen LogP contribution < -0.4 is 0 Å². The standard InChI is InChI=1S/C37H50O6/c1-2-3-4-5-6-7-8-9-10-11-12-13-23-30-35(39,40)37(41,42)34(38)43-36(31-24-17-14-18-25-31,32-26-19-15-20-27-32)33-28-21-16-22-29-33/h14-22,24-29,39-42H,2-13,23,30H2,1H3. The molecule has 0 unspecified atom stereocenters. The van der Waals surface area contributed by atoms with E-state index in [9.17, 15) is 25.2 Å². The van der Waals surface area contributed by atoms with E-state index in [4.69, 9.17) is 4.74 Å². The van der Waals surface area contributed by atoms with Crippen LogP contribution in [-0.4, -0.2) is 38.0 Å². The first-order chi connectivity index (χ1) is 20.8. The quantitative estimate of drug-likeness (QED) is 0.0474. The summed E-state index contributed by atoms with van der Waals surface area (Å²) in [5, 5.41) is 43.3. The Morgan fingerprint density at radius 1 is 0.535 bits per heavy atom. The summed E-state index contributed by atoms with van der Waals surface area (Å²) >= 11 is 0. The minimum Gasteiger partial charge on any atom is -0.440 e. The van der Waals surface area contributed by atoms with Crippen molar-refractivity contribution in [2.24, 2.45) is 0 Å². The smallest absolute Gasteiger partial charge is 0.374 e. The van der Waals surface area contributed by atoms with Crippen molar-refractivity contribution in [2.75, 3.05) is 0 Å². The number of carbonyl (C=O) groups is 1. The Morgan fingerprint density at radius 2 is 0.860 bits per heavy atom. The van der Waals surface area contributed by atoms with Crippen LogP contribution in [0.2, 0.25) is 0 Å². The fourth-order valence-electron chi connectivity index (χ4n) is 5.63. The number of unbranched alkanes of at least 4 members (excludes halogenated alkanes) is 12. The molecule has 0 aromatic heterocycles. The zero-order valence-corrected chi connectivity index (χ0v) is 25.7. The van der Waals surface area contributed by atoms with E-state index in [-0.39, 0.29) is 6.42 Å². The van der Waals surface area contributed by atoms with Gasteiger partial charge < -0.3 is 25.2 Å². The molecule has 3 aromatic carbocycles. The normalized spacial score (nSPS) is 12.3. The number of ether oxygens (including phenoxy) is 1. The minimum atomic E-state index is -3.56. The van der Waals surface area contributed by atoms with Crippen LogP contribution in [0.3, 0.4) is 0 Å². The van der Waals surface area contributed by atoms with Gasteiger partial charge in [0.15, 0.2) is 5.60 Å². The van der Waals surface area contributed by atoms with Crippen LogP contribution >= 0.6 is 0 Å². The van der Waals surface area contributed by atoms with Gasteiger partial charge >= 0.3 is 11.8 Å². The van der Waals surface area contributed by atoms with Crippen molar-refractivity contribution in [3.05, 3.63) is 108 Å². The minimum absolute atomic E-state index is 0.321. The lowest BCUT2D eigenvalue weighted by Gasteiger charge is -2.39. The highest BCUT2D eigenvalue weighted by atomic mass is 16.7. The molecule has 234 valence electrons. The number of benzene rings is 3. The van der Waals surface area contributed by atoms with E-state index < -0.39 is 23.1 Å². The molecule has 0 aliphatic carbocycles. The number of rotatable bonds is 20. The molecular formula is C37H50O6. The van der Waals surface area contributed by atoms with Gasteiger partial charge in [-0.15, -0.1) is 0 Å². The molecule has 3 aromatic rings. The largest absolute Gasteiger partial charge is 0.440 e. The molecule has 0 saturated carbocycles. The number of carbonyl (C=O) groups excluding carboxylic acids is 1. The second-order valence-electron chi connectivity index (χ2n) is 11.7. The Morgan fingerprint density at radius 3 is 1.21 bits per heavy atom. The van der Waals surface area contributed by atoms with Gasteiger partial charge in [0, 0.05) is 23.1 Å². The Labute approximate surface area is 257 Å². The number of aliphatic hydroxyl groups is 4. The summed E-state index contributed by atoms with van der Waals surface area (Å²) < 4.78 is 6.01. The molecule has 43 heavy (non-hydrogen) atoms. The zero-order chi connectivity index (χ0) is 31.0. The first kappa shape index (κ1) is 34.5. The average molecular weight is 591 g/mol. The molecule has 0 bridgehead atoms. The maximum absolute atomic E-state index is 13.5. The second-order valence-corrected chi connectivity index (χ2v) is 11.7. The maximum Gasteiger partial charge on any atom is 0.374 e. The van der Waals surface area contributed by atoms with Crippen LogP contribution in [0.4, 0.5) is 0 Å². The first-order valence-electron chi connectivity index (χ1n) is 16.0. The van der Waals surface area contributed by atoms with Gasteiger partial charge in [0.25, 0.3) is 0 Å². The molecule has 0 atom stereocenters. The zero-order valence-electron chi connectivity index (χ0n) is 25.7. The molecule has 0 aliphatic heterocycles. The molecule has 0 fully saturated rings. The monoisotopic (exact) mass is 590 g/mol. The molecule has 6 nitrogen and oxygen atoms in total. The number of hydrogen-bond acceptors (Lipinski definition) is 6. The summed E-state index contributed by atoms with van der Waals surface area (Å²) in [6, 6.07) is 27.0. The maximum atomic E-state index is 13.5. The van der Waals surface area contributed by atoms with Crippen molar-refractivity contribution in [1.29, 1.82) is 0 Å². The summed E-state index contributed by atoms with van der Waals surface area (Å²) in [4.78, 5) is 13.5. The van der Waals surface area contributed by atoms with Gasteiger partial charge in [0.1, 0.15) is 0 Å². The second kappa shape index (κ2) is 17.3. The fourth-order valence-corrected chi connectivity index (χ4v) is 5.63. The molecule has 3 rings (SSSR count). The topological polar surface area (TPSA) is 107 Å². The summed E-state index contributed by atoms with van der Waals surface area (Å²) in [5.74, 6) is -8.21. The molecule has 0 radical (unpaired) electrons. The van der Waals surface area contributed by atoms with Crippen molar-refractivity contribution in [3.63, 3.8) is 0 Å². The molecule has 0 saturated heterocycles. The third-order valence-corrected chi connectivity index (χ3v) is 8.26. The Bertz CT molecular complexity index is 1080. The number of hydrogen-bond donors (Lipinski definition) is 4. The van der Waals surface area contributed by atoms with Gasteiger partial charge in [-0.1, -0.05) is 175 Å². The van der Waals surface area contributed by atoms with Crippen molar-refractivity contribution in [3.8, 4) is 0 Å². The van der Waals surface area contributed by atoms with Gasteiger partial charge in [-0.2, -0.15) is 0 Å². The lowest BCUT2D eigenvalue weighted by Crippen LogP contribution is -2.61. The van der Waals surface area contributed by atoms with Crippen LogP contribution in [-0.2, 0) is 15.1 Å². The van der Waals surface area contributed by atoms with E-state index in [1.807, 2.05) is 18.2 Å². The molecule has 0 heterocycles. The predicted octanol–water partition coefficient (Wildman–Crippen LogP) is 7.36. The number of esters is 1. The molecule has 0 aliphatic rings. The van der Waals surface area contributed by atoms with Gasteiger partial charge in [-0.3, -0.25) is 0 Å². The van der Waals surface area contributed by atoms with E-state index in [0.29, 0.717) is 29.5 Å². The highest BCUT2D eigenvalue weighted by molar-refractivity contribution is 5.80. The molecule has 0 spiro atoms. The summed E-state index contributed by atoms with van der Waals surface area (Å²) in [7, 11) is 0. The molecule has 6 heteroatoms. The Hall–Kier alpha value is -3.03. The lowest BCUT2D eigenvalue weighted by atomic mass is 9.80. The first-order valence-corrected chi connectivity index (χ1v) is 16.0. The van der Waals surface area contributed by atoms with Gasteiger partial charge in [0.2, 0.25) is 5.79 Å². The van der Waals surface area contributed by atoms with E-state index in [2.05, 4.69) is 6.92 Å². The third-order valence-electron chi connectivity index (χ3n) is 8.26. The van der Waals surface area contributed by atoms with E-state index in [1.54, 1.807) is 72.8 Å².